The van der Waals surface area contributed by atoms with Crippen LogP contribution in [0.25, 0.3) is 22.3 Å². The van der Waals surface area contributed by atoms with Gasteiger partial charge in [0.15, 0.2) is 5.82 Å². The van der Waals surface area contributed by atoms with Crippen molar-refractivity contribution in [3.05, 3.63) is 40.9 Å². The Bertz CT molecular complexity index is 1170. The summed E-state index contributed by atoms with van der Waals surface area (Å²) in [5, 5.41) is 3.27. The maximum Gasteiger partial charge on any atom is 0.293 e. The van der Waals surface area contributed by atoms with Crippen LogP contribution in [0.2, 0.25) is 0 Å². The first-order valence-corrected chi connectivity index (χ1v) is 11.4. The summed E-state index contributed by atoms with van der Waals surface area (Å²) in [6.45, 7) is 3.51. The van der Waals surface area contributed by atoms with E-state index in [9.17, 15) is 9.59 Å². The summed E-state index contributed by atoms with van der Waals surface area (Å²) >= 11 is 0. The molecular weight excluding hydrogens is 422 g/mol. The van der Waals surface area contributed by atoms with Crippen molar-refractivity contribution in [3.63, 3.8) is 0 Å². The molecule has 33 heavy (non-hydrogen) atoms. The summed E-state index contributed by atoms with van der Waals surface area (Å²) in [6.07, 6.45) is 6.76. The lowest BCUT2D eigenvalue weighted by Gasteiger charge is -2.23. The second kappa shape index (κ2) is 10.5. The average Bonchev–Trinajstić information content (AvgIpc) is 2.85. The Morgan fingerprint density at radius 1 is 1.12 bits per heavy atom. The van der Waals surface area contributed by atoms with Crippen LogP contribution >= 0.6 is 0 Å². The fourth-order valence-corrected chi connectivity index (χ4v) is 3.95. The summed E-state index contributed by atoms with van der Waals surface area (Å²) in [5.74, 6) is 1.08. The second-order valence-corrected chi connectivity index (χ2v) is 8.13. The minimum Gasteiger partial charge on any atom is -0.481 e. The first-order valence-electron chi connectivity index (χ1n) is 11.4. The van der Waals surface area contributed by atoms with E-state index in [2.05, 4.69) is 20.3 Å². The monoisotopic (exact) mass is 451 g/mol. The lowest BCUT2D eigenvalue weighted by atomic mass is 9.94. The van der Waals surface area contributed by atoms with Crippen LogP contribution < -0.4 is 15.6 Å². The van der Waals surface area contributed by atoms with Gasteiger partial charge in [-0.1, -0.05) is 6.92 Å². The van der Waals surface area contributed by atoms with E-state index in [4.69, 9.17) is 9.47 Å². The van der Waals surface area contributed by atoms with E-state index < -0.39 is 0 Å². The first-order chi connectivity index (χ1) is 16.1. The number of anilines is 1. The molecule has 3 heterocycles. The predicted molar refractivity (Wildman–Crippen MR) is 126 cm³/mol. The molecule has 0 bridgehead atoms. The topological polar surface area (TPSA) is 108 Å². The van der Waals surface area contributed by atoms with Gasteiger partial charge in [-0.15, -0.1) is 0 Å². The van der Waals surface area contributed by atoms with Crippen molar-refractivity contribution in [2.75, 3.05) is 25.6 Å². The summed E-state index contributed by atoms with van der Waals surface area (Å²) in [6, 6.07) is 5.56. The number of carbonyl (C=O) groups is 1. The Hall–Kier alpha value is -3.33. The van der Waals surface area contributed by atoms with E-state index in [1.54, 1.807) is 30.1 Å². The molecule has 9 nitrogen and oxygen atoms in total. The largest absolute Gasteiger partial charge is 0.481 e. The molecule has 1 N–H and O–H groups in total. The van der Waals surface area contributed by atoms with Gasteiger partial charge in [0.2, 0.25) is 5.88 Å². The Morgan fingerprint density at radius 2 is 1.94 bits per heavy atom. The van der Waals surface area contributed by atoms with E-state index in [-0.39, 0.29) is 23.2 Å². The summed E-state index contributed by atoms with van der Waals surface area (Å²) in [7, 11) is 1.57. The zero-order valence-electron chi connectivity index (χ0n) is 19.0. The summed E-state index contributed by atoms with van der Waals surface area (Å²) in [5.41, 5.74) is 2.60. The number of Topliss-reactive ketones (excluding diaryl/α,β-unsaturated/α-hetero) is 1. The molecule has 0 radical (unpaired) electrons. The number of hydrogen-bond acceptors (Lipinski definition) is 8. The lowest BCUT2D eigenvalue weighted by molar-refractivity contribution is -0.120. The molecule has 0 saturated heterocycles. The van der Waals surface area contributed by atoms with E-state index in [1.165, 1.54) is 0 Å². The first kappa shape index (κ1) is 22.8. The van der Waals surface area contributed by atoms with Crippen molar-refractivity contribution in [2.45, 2.75) is 51.6 Å². The van der Waals surface area contributed by atoms with Crippen LogP contribution in [-0.4, -0.2) is 51.7 Å². The van der Waals surface area contributed by atoms with Crippen molar-refractivity contribution in [2.24, 2.45) is 0 Å². The molecule has 1 fully saturated rings. The fourth-order valence-electron chi connectivity index (χ4n) is 3.95. The molecule has 0 unspecified atom stereocenters. The predicted octanol–water partition coefficient (Wildman–Crippen LogP) is 3.21. The minimum absolute atomic E-state index is 0.0581. The third-order valence-electron chi connectivity index (χ3n) is 5.77. The quantitative estimate of drug-likeness (QED) is 0.494. The molecule has 3 aromatic heterocycles. The number of pyridine rings is 2. The number of ether oxygens (including phenoxy) is 2. The van der Waals surface area contributed by atoms with Gasteiger partial charge in [0.25, 0.3) is 5.56 Å². The van der Waals surface area contributed by atoms with Gasteiger partial charge in [-0.2, -0.15) is 0 Å². The molecule has 0 aliphatic heterocycles. The molecule has 0 aromatic carbocycles. The molecule has 0 amide bonds. The van der Waals surface area contributed by atoms with Gasteiger partial charge in [-0.05, 0) is 31.4 Å². The van der Waals surface area contributed by atoms with Gasteiger partial charge >= 0.3 is 0 Å². The summed E-state index contributed by atoms with van der Waals surface area (Å²) in [4.78, 5) is 38.3. The maximum atomic E-state index is 13.4. The highest BCUT2D eigenvalue weighted by molar-refractivity contribution is 5.81. The maximum absolute atomic E-state index is 13.4. The van der Waals surface area contributed by atoms with Crippen LogP contribution in [0.4, 0.5) is 5.82 Å². The third-order valence-corrected chi connectivity index (χ3v) is 5.77. The highest BCUT2D eigenvalue weighted by Crippen LogP contribution is 2.23. The number of hydrogen-bond donors (Lipinski definition) is 1. The molecule has 174 valence electrons. The number of nitrogens with one attached hydrogen (secondary N) is 1. The molecule has 3 aromatic rings. The van der Waals surface area contributed by atoms with Gasteiger partial charge < -0.3 is 19.4 Å². The Balaban J connectivity index is 1.70. The SMILES string of the molecule is CCCOCCn1c(=O)c(NC2CCC(=O)CC2)nc2cnc(-c3ccc(OC)nc3)cc21. The number of fused-ring (bicyclic) bond motifs is 1. The molecule has 1 aliphatic carbocycles. The zero-order valence-corrected chi connectivity index (χ0v) is 19.0. The Kier molecular flexibility index (Phi) is 7.29. The van der Waals surface area contributed by atoms with Crippen molar-refractivity contribution < 1.29 is 14.3 Å². The molecule has 1 saturated carbocycles. The molecule has 9 heteroatoms. The van der Waals surface area contributed by atoms with E-state index in [1.807, 2.05) is 19.1 Å². The van der Waals surface area contributed by atoms with Gasteiger partial charge in [-0.25, -0.2) is 9.97 Å². The third kappa shape index (κ3) is 5.36. The minimum atomic E-state index is -0.204. The smallest absolute Gasteiger partial charge is 0.293 e. The van der Waals surface area contributed by atoms with Crippen molar-refractivity contribution in [3.8, 4) is 17.1 Å². The highest BCUT2D eigenvalue weighted by atomic mass is 16.5. The van der Waals surface area contributed by atoms with Crippen LogP contribution in [0.3, 0.4) is 0 Å². The van der Waals surface area contributed by atoms with E-state index in [0.717, 1.165) is 12.0 Å². The average molecular weight is 452 g/mol. The van der Waals surface area contributed by atoms with E-state index in [0.29, 0.717) is 68.0 Å². The second-order valence-electron chi connectivity index (χ2n) is 8.13. The molecule has 0 atom stereocenters. The van der Waals surface area contributed by atoms with Crippen LogP contribution in [-0.2, 0) is 16.1 Å². The number of rotatable bonds is 9. The normalized spacial score (nSPS) is 14.5. The number of ketones is 1. The van der Waals surface area contributed by atoms with Crippen molar-refractivity contribution >= 4 is 22.6 Å². The molecular formula is C24H29N5O4. The molecule has 4 rings (SSSR count). The van der Waals surface area contributed by atoms with Crippen molar-refractivity contribution in [1.29, 1.82) is 0 Å². The van der Waals surface area contributed by atoms with Gasteiger partial charge in [0.1, 0.15) is 11.3 Å². The van der Waals surface area contributed by atoms with Crippen LogP contribution in [0.5, 0.6) is 5.88 Å². The lowest BCUT2D eigenvalue weighted by Crippen LogP contribution is -2.33. The standard InChI is InChI=1S/C24H29N5O4/c1-3-11-33-12-10-29-21-13-19(16-4-9-22(32-2)26-14-16)25-15-20(21)28-23(24(29)31)27-17-5-7-18(30)8-6-17/h4,9,13-15,17H,3,5-8,10-12H2,1-2H3,(H,27,28). The Morgan fingerprint density at radius 3 is 2.64 bits per heavy atom. The van der Waals surface area contributed by atoms with Gasteiger partial charge in [-0.3, -0.25) is 14.6 Å². The van der Waals surface area contributed by atoms with Gasteiger partial charge in [0, 0.05) is 49.9 Å². The van der Waals surface area contributed by atoms with E-state index >= 15 is 0 Å². The van der Waals surface area contributed by atoms with Crippen LogP contribution in [0, 0.1) is 0 Å². The number of carbonyl (C=O) groups excluding carboxylic acids is 1. The number of aromatic nitrogens is 4. The fraction of sp³-hybridized carbons (Fsp3) is 0.458. The zero-order chi connectivity index (χ0) is 23.2. The molecule has 0 spiro atoms. The van der Waals surface area contributed by atoms with Crippen molar-refractivity contribution in [1.82, 2.24) is 19.5 Å². The van der Waals surface area contributed by atoms with Crippen LogP contribution in [0.1, 0.15) is 39.0 Å². The highest BCUT2D eigenvalue weighted by Gasteiger charge is 2.21. The molecule has 1 aliphatic rings. The summed E-state index contributed by atoms with van der Waals surface area (Å²) < 4.78 is 12.5. The van der Waals surface area contributed by atoms with Crippen LogP contribution in [0.15, 0.2) is 35.4 Å². The number of nitrogens with zero attached hydrogens (tertiary/aromatic N) is 4. The van der Waals surface area contributed by atoms with Gasteiger partial charge in [0.05, 0.1) is 31.1 Å². The Labute approximate surface area is 192 Å². The number of methoxy groups -OCH3 is 1.